The predicted octanol–water partition coefficient (Wildman–Crippen LogP) is 3.38. The number of hydrogen-bond donors (Lipinski definition) is 1. The minimum Gasteiger partial charge on any atom is -0.507 e. The molecular weight excluding hydrogens is 268 g/mol. The van der Waals surface area contributed by atoms with Crippen LogP contribution in [0.5, 0.6) is 11.5 Å². The Balaban J connectivity index is 2.08. The van der Waals surface area contributed by atoms with E-state index in [0.717, 1.165) is 5.56 Å². The van der Waals surface area contributed by atoms with Crippen molar-refractivity contribution in [2.24, 2.45) is 0 Å². The van der Waals surface area contributed by atoms with E-state index in [1.54, 1.807) is 24.3 Å². The maximum absolute atomic E-state index is 11.5. The molecule has 0 heterocycles. The molecule has 0 fully saturated rings. The summed E-state index contributed by atoms with van der Waals surface area (Å²) in [7, 11) is 0. The van der Waals surface area contributed by atoms with Gasteiger partial charge in [-0.15, -0.1) is 0 Å². The number of phenols is 1. The second kappa shape index (κ2) is 6.70. The van der Waals surface area contributed by atoms with E-state index in [-0.39, 0.29) is 23.7 Å². The first-order valence-electron chi connectivity index (χ1n) is 6.67. The first-order chi connectivity index (χ1) is 10.2. The lowest BCUT2D eigenvalue weighted by molar-refractivity contribution is 0.0987. The van der Waals surface area contributed by atoms with Gasteiger partial charge in [-0.3, -0.25) is 9.59 Å². The average Bonchev–Trinajstić information content (AvgIpc) is 2.52. The van der Waals surface area contributed by atoms with Crippen molar-refractivity contribution < 1.29 is 19.4 Å². The number of ketones is 1. The van der Waals surface area contributed by atoms with Crippen LogP contribution in [0.25, 0.3) is 0 Å². The van der Waals surface area contributed by atoms with Gasteiger partial charge in [-0.25, -0.2) is 0 Å². The van der Waals surface area contributed by atoms with E-state index in [1.165, 1.54) is 6.07 Å². The van der Waals surface area contributed by atoms with E-state index >= 15 is 0 Å². The van der Waals surface area contributed by atoms with Gasteiger partial charge in [-0.1, -0.05) is 37.3 Å². The number of aromatic hydroxyl groups is 1. The fraction of sp³-hybridized carbons (Fsp3) is 0.176. The number of phenolic OH excluding ortho intramolecular Hbond substituents is 1. The summed E-state index contributed by atoms with van der Waals surface area (Å²) in [6.07, 6.45) is 1.04. The Morgan fingerprint density at radius 2 is 1.90 bits per heavy atom. The highest BCUT2D eigenvalue weighted by molar-refractivity contribution is 5.95. The third-order valence-electron chi connectivity index (χ3n) is 3.15. The summed E-state index contributed by atoms with van der Waals surface area (Å²) in [5.74, 6) is 0.323. The van der Waals surface area contributed by atoms with Crippen molar-refractivity contribution in [2.75, 3.05) is 0 Å². The van der Waals surface area contributed by atoms with Crippen LogP contribution in [0.3, 0.4) is 0 Å². The van der Waals surface area contributed by atoms with Crippen LogP contribution in [0, 0.1) is 0 Å². The van der Waals surface area contributed by atoms with Crippen molar-refractivity contribution in [3.63, 3.8) is 0 Å². The predicted molar refractivity (Wildman–Crippen MR) is 78.9 cm³/mol. The Morgan fingerprint density at radius 3 is 2.52 bits per heavy atom. The molecule has 0 saturated carbocycles. The van der Waals surface area contributed by atoms with Crippen molar-refractivity contribution in [1.82, 2.24) is 0 Å². The first-order valence-corrected chi connectivity index (χ1v) is 6.67. The molecule has 4 nitrogen and oxygen atoms in total. The van der Waals surface area contributed by atoms with Crippen LogP contribution in [0.1, 0.15) is 39.6 Å². The average molecular weight is 284 g/mol. The number of Topliss-reactive ketones (excluding diaryl/α,β-unsaturated/α-hetero) is 1. The topological polar surface area (TPSA) is 63.6 Å². The number of aldehydes is 1. The molecule has 0 bridgehead atoms. The molecular formula is C17H16O4. The third kappa shape index (κ3) is 3.48. The van der Waals surface area contributed by atoms with Crippen molar-refractivity contribution in [3.8, 4) is 11.5 Å². The zero-order valence-corrected chi connectivity index (χ0v) is 11.7. The van der Waals surface area contributed by atoms with E-state index < -0.39 is 0 Å². The highest BCUT2D eigenvalue weighted by atomic mass is 16.5. The quantitative estimate of drug-likeness (QED) is 0.652. The van der Waals surface area contributed by atoms with Crippen molar-refractivity contribution in [2.45, 2.75) is 20.0 Å². The third-order valence-corrected chi connectivity index (χ3v) is 3.15. The van der Waals surface area contributed by atoms with Gasteiger partial charge in [-0.2, -0.15) is 0 Å². The number of ether oxygens (including phenoxy) is 1. The smallest absolute Gasteiger partial charge is 0.162 e. The van der Waals surface area contributed by atoms with Gasteiger partial charge in [0, 0.05) is 12.0 Å². The maximum Gasteiger partial charge on any atom is 0.162 e. The minimum atomic E-state index is -0.105. The van der Waals surface area contributed by atoms with Gasteiger partial charge < -0.3 is 9.84 Å². The second-order valence-corrected chi connectivity index (χ2v) is 4.57. The van der Waals surface area contributed by atoms with Gasteiger partial charge >= 0.3 is 0 Å². The molecule has 0 unspecified atom stereocenters. The Kier molecular flexibility index (Phi) is 4.72. The molecule has 21 heavy (non-hydrogen) atoms. The van der Waals surface area contributed by atoms with Gasteiger partial charge in [0.15, 0.2) is 12.1 Å². The first kappa shape index (κ1) is 14.8. The molecule has 0 radical (unpaired) electrons. The van der Waals surface area contributed by atoms with Gasteiger partial charge in [0.05, 0.1) is 5.56 Å². The Bertz CT molecular complexity index is 644. The normalized spacial score (nSPS) is 10.1. The summed E-state index contributed by atoms with van der Waals surface area (Å²) < 4.78 is 5.55. The van der Waals surface area contributed by atoms with E-state index in [0.29, 0.717) is 24.0 Å². The summed E-state index contributed by atoms with van der Waals surface area (Å²) in [6, 6.07) is 11.8. The summed E-state index contributed by atoms with van der Waals surface area (Å²) in [5, 5.41) is 9.56. The Morgan fingerprint density at radius 1 is 1.19 bits per heavy atom. The van der Waals surface area contributed by atoms with Crippen LogP contribution in [0.2, 0.25) is 0 Å². The second-order valence-electron chi connectivity index (χ2n) is 4.57. The largest absolute Gasteiger partial charge is 0.507 e. The zero-order valence-electron chi connectivity index (χ0n) is 11.7. The molecule has 0 saturated heterocycles. The van der Waals surface area contributed by atoms with Crippen LogP contribution >= 0.6 is 0 Å². The monoisotopic (exact) mass is 284 g/mol. The molecule has 0 aliphatic rings. The van der Waals surface area contributed by atoms with E-state index in [1.807, 2.05) is 19.1 Å². The van der Waals surface area contributed by atoms with Crippen LogP contribution in [0.15, 0.2) is 42.5 Å². The number of carbonyl (C=O) groups excluding carboxylic acids is 2. The molecule has 2 aromatic rings. The fourth-order valence-corrected chi connectivity index (χ4v) is 1.93. The molecule has 0 atom stereocenters. The van der Waals surface area contributed by atoms with E-state index in [2.05, 4.69) is 0 Å². The number of benzene rings is 2. The van der Waals surface area contributed by atoms with E-state index in [9.17, 15) is 14.7 Å². The molecule has 0 amide bonds. The standard InChI is InChI=1S/C17H16O4/c1-2-15(19)13-8-6-12(7-9-13)11-21-17-5-3-4-16(20)14(17)10-18/h3-10,20H,2,11H2,1H3. The molecule has 0 aliphatic carbocycles. The lowest BCUT2D eigenvalue weighted by Crippen LogP contribution is -2.00. The van der Waals surface area contributed by atoms with Crippen LogP contribution in [0.4, 0.5) is 0 Å². The summed E-state index contributed by atoms with van der Waals surface area (Å²) in [4.78, 5) is 22.5. The molecule has 2 rings (SSSR count). The molecule has 0 aliphatic heterocycles. The lowest BCUT2D eigenvalue weighted by Gasteiger charge is -2.09. The fourth-order valence-electron chi connectivity index (χ4n) is 1.93. The molecule has 0 aromatic heterocycles. The van der Waals surface area contributed by atoms with E-state index in [4.69, 9.17) is 4.74 Å². The number of hydrogen-bond acceptors (Lipinski definition) is 4. The van der Waals surface area contributed by atoms with Crippen LogP contribution in [-0.4, -0.2) is 17.2 Å². The number of rotatable bonds is 6. The highest BCUT2D eigenvalue weighted by Gasteiger charge is 2.08. The van der Waals surface area contributed by atoms with Crippen LogP contribution < -0.4 is 4.74 Å². The summed E-state index contributed by atoms with van der Waals surface area (Å²) in [6.45, 7) is 2.08. The van der Waals surface area contributed by atoms with Crippen molar-refractivity contribution >= 4 is 12.1 Å². The Hall–Kier alpha value is -2.62. The summed E-state index contributed by atoms with van der Waals surface area (Å²) in [5.41, 5.74) is 1.69. The Labute approximate surface area is 123 Å². The maximum atomic E-state index is 11.5. The number of carbonyl (C=O) groups is 2. The molecule has 4 heteroatoms. The van der Waals surface area contributed by atoms with Gasteiger partial charge in [-0.05, 0) is 17.7 Å². The minimum absolute atomic E-state index is 0.0960. The highest BCUT2D eigenvalue weighted by Crippen LogP contribution is 2.26. The lowest BCUT2D eigenvalue weighted by atomic mass is 10.1. The van der Waals surface area contributed by atoms with Crippen LogP contribution in [-0.2, 0) is 6.61 Å². The molecule has 1 N–H and O–H groups in total. The van der Waals surface area contributed by atoms with Gasteiger partial charge in [0.25, 0.3) is 0 Å². The van der Waals surface area contributed by atoms with Gasteiger partial charge in [0.1, 0.15) is 18.1 Å². The SMILES string of the molecule is CCC(=O)c1ccc(COc2cccc(O)c2C=O)cc1. The molecule has 2 aromatic carbocycles. The van der Waals surface area contributed by atoms with Crippen molar-refractivity contribution in [3.05, 3.63) is 59.2 Å². The molecule has 108 valence electrons. The van der Waals surface area contributed by atoms with Gasteiger partial charge in [0.2, 0.25) is 0 Å². The van der Waals surface area contributed by atoms with Crippen molar-refractivity contribution in [1.29, 1.82) is 0 Å². The summed E-state index contributed by atoms with van der Waals surface area (Å²) >= 11 is 0. The zero-order chi connectivity index (χ0) is 15.2. The molecule has 0 spiro atoms.